The lowest BCUT2D eigenvalue weighted by Gasteiger charge is -1.97. The molecule has 5 heteroatoms. The van der Waals surface area contributed by atoms with E-state index < -0.39 is 0 Å². The first kappa shape index (κ1) is 8.83. The molecule has 0 aliphatic rings. The lowest BCUT2D eigenvalue weighted by Crippen LogP contribution is -1.99. The third-order valence-electron chi connectivity index (χ3n) is 1.86. The number of benzene rings is 1. The van der Waals surface area contributed by atoms with Gasteiger partial charge in [-0.2, -0.15) is 0 Å². The summed E-state index contributed by atoms with van der Waals surface area (Å²) in [6.45, 7) is 1.82. The number of rotatable bonds is 2. The monoisotopic (exact) mass is 190 g/mol. The number of hydrogen-bond acceptors (Lipinski definition) is 4. The molecule has 0 saturated heterocycles. The highest BCUT2D eigenvalue weighted by atomic mass is 16.3. The molecule has 0 amide bonds. The van der Waals surface area contributed by atoms with Gasteiger partial charge < -0.3 is 5.11 Å². The van der Waals surface area contributed by atoms with Crippen molar-refractivity contribution in [2.24, 2.45) is 0 Å². The van der Waals surface area contributed by atoms with Gasteiger partial charge in [-0.3, -0.25) is 0 Å². The molecule has 0 bridgehead atoms. The van der Waals surface area contributed by atoms with Gasteiger partial charge >= 0.3 is 0 Å². The number of tetrazole rings is 1. The molecule has 0 fully saturated rings. The smallest absolute Gasteiger partial charge is 0.200 e. The van der Waals surface area contributed by atoms with E-state index in [1.807, 2.05) is 31.2 Å². The van der Waals surface area contributed by atoms with Gasteiger partial charge in [-0.15, -0.1) is 15.0 Å². The summed E-state index contributed by atoms with van der Waals surface area (Å²) in [5.74, 6) is 0.325. The Morgan fingerprint density at radius 1 is 1.29 bits per heavy atom. The Labute approximate surface area is 81.0 Å². The lowest BCUT2D eigenvalue weighted by molar-refractivity contribution is 0.271. The van der Waals surface area contributed by atoms with Crippen molar-refractivity contribution in [3.8, 4) is 5.69 Å². The Morgan fingerprint density at radius 2 is 2.00 bits per heavy atom. The summed E-state index contributed by atoms with van der Waals surface area (Å²) in [5.41, 5.74) is 2.01. The lowest BCUT2D eigenvalue weighted by atomic mass is 10.2. The maximum atomic E-state index is 8.76. The zero-order valence-corrected chi connectivity index (χ0v) is 7.75. The zero-order valence-electron chi connectivity index (χ0n) is 7.75. The van der Waals surface area contributed by atoms with Crippen LogP contribution in [0.15, 0.2) is 24.3 Å². The molecule has 1 N–H and O–H groups in total. The Kier molecular flexibility index (Phi) is 2.24. The molecule has 0 unspecified atom stereocenters. The van der Waals surface area contributed by atoms with Crippen LogP contribution in [0.2, 0.25) is 0 Å². The second-order valence-corrected chi connectivity index (χ2v) is 2.99. The maximum absolute atomic E-state index is 8.76. The molecule has 0 aliphatic carbocycles. The van der Waals surface area contributed by atoms with Crippen LogP contribution in [0.5, 0.6) is 0 Å². The van der Waals surface area contributed by atoms with E-state index in [0.717, 1.165) is 5.69 Å². The second-order valence-electron chi connectivity index (χ2n) is 2.99. The van der Waals surface area contributed by atoms with Crippen molar-refractivity contribution in [2.75, 3.05) is 0 Å². The predicted molar refractivity (Wildman–Crippen MR) is 49.8 cm³/mol. The number of aromatic nitrogens is 4. The summed E-state index contributed by atoms with van der Waals surface area (Å²) in [7, 11) is 0. The van der Waals surface area contributed by atoms with Crippen LogP contribution in [0.3, 0.4) is 0 Å². The first-order chi connectivity index (χ1) is 6.79. The van der Waals surface area contributed by atoms with Gasteiger partial charge in [0.1, 0.15) is 6.61 Å². The minimum absolute atomic E-state index is 0.189. The van der Waals surface area contributed by atoms with Crippen LogP contribution >= 0.6 is 0 Å². The Bertz CT molecular complexity index is 421. The largest absolute Gasteiger partial charge is 0.388 e. The van der Waals surface area contributed by atoms with E-state index in [4.69, 9.17) is 5.11 Å². The standard InChI is InChI=1S/C9H10N4O/c1-7-2-4-8(5-3-7)13-11-9(6-14)10-12-13/h2-5,14H,6H2,1H3. The molecule has 0 spiro atoms. The van der Waals surface area contributed by atoms with E-state index in [0.29, 0.717) is 5.82 Å². The fourth-order valence-electron chi connectivity index (χ4n) is 1.09. The van der Waals surface area contributed by atoms with E-state index >= 15 is 0 Å². The van der Waals surface area contributed by atoms with Gasteiger partial charge in [-0.05, 0) is 24.3 Å². The molecule has 1 aromatic carbocycles. The normalized spacial score (nSPS) is 10.4. The molecule has 0 atom stereocenters. The first-order valence-electron chi connectivity index (χ1n) is 4.26. The maximum Gasteiger partial charge on any atom is 0.200 e. The second kappa shape index (κ2) is 3.55. The van der Waals surface area contributed by atoms with Crippen LogP contribution in [-0.2, 0) is 6.61 Å². The molecule has 1 heterocycles. The predicted octanol–water partition coefficient (Wildman–Crippen LogP) is 0.463. The van der Waals surface area contributed by atoms with Gasteiger partial charge in [-0.1, -0.05) is 17.7 Å². The van der Waals surface area contributed by atoms with Gasteiger partial charge in [0, 0.05) is 0 Å². The van der Waals surface area contributed by atoms with E-state index in [2.05, 4.69) is 15.4 Å². The molecule has 2 rings (SSSR count). The van der Waals surface area contributed by atoms with Crippen LogP contribution < -0.4 is 0 Å². The highest BCUT2D eigenvalue weighted by molar-refractivity contribution is 5.31. The van der Waals surface area contributed by atoms with Crippen molar-refractivity contribution < 1.29 is 5.11 Å². The molecule has 0 radical (unpaired) electrons. The summed E-state index contributed by atoms with van der Waals surface area (Å²) < 4.78 is 0. The van der Waals surface area contributed by atoms with Crippen LogP contribution in [0.25, 0.3) is 5.69 Å². The SMILES string of the molecule is Cc1ccc(-n2nnc(CO)n2)cc1. The number of hydrogen-bond donors (Lipinski definition) is 1. The zero-order chi connectivity index (χ0) is 9.97. The summed E-state index contributed by atoms with van der Waals surface area (Å²) in [6.07, 6.45) is 0. The molecule has 72 valence electrons. The molecular formula is C9H10N4O. The van der Waals surface area contributed by atoms with Crippen molar-refractivity contribution in [1.29, 1.82) is 0 Å². The molecule has 2 aromatic rings. The number of aryl methyl sites for hydroxylation is 1. The van der Waals surface area contributed by atoms with Crippen LogP contribution in [0, 0.1) is 6.92 Å². The Balaban J connectivity index is 2.34. The number of nitrogens with zero attached hydrogens (tertiary/aromatic N) is 4. The fraction of sp³-hybridized carbons (Fsp3) is 0.222. The van der Waals surface area contributed by atoms with E-state index in [1.165, 1.54) is 10.4 Å². The van der Waals surface area contributed by atoms with Crippen molar-refractivity contribution in [3.05, 3.63) is 35.7 Å². The fourth-order valence-corrected chi connectivity index (χ4v) is 1.09. The van der Waals surface area contributed by atoms with Gasteiger partial charge in [-0.25, -0.2) is 0 Å². The van der Waals surface area contributed by atoms with Crippen LogP contribution in [-0.4, -0.2) is 25.3 Å². The van der Waals surface area contributed by atoms with Crippen molar-refractivity contribution in [2.45, 2.75) is 13.5 Å². The molecule has 0 aliphatic heterocycles. The highest BCUT2D eigenvalue weighted by Gasteiger charge is 2.02. The van der Waals surface area contributed by atoms with Crippen molar-refractivity contribution in [3.63, 3.8) is 0 Å². The quantitative estimate of drug-likeness (QED) is 0.747. The third-order valence-corrected chi connectivity index (χ3v) is 1.86. The average Bonchev–Trinajstić information content (AvgIpc) is 2.67. The summed E-state index contributed by atoms with van der Waals surface area (Å²) in [6, 6.07) is 7.74. The van der Waals surface area contributed by atoms with Gasteiger partial charge in [0.15, 0.2) is 0 Å². The topological polar surface area (TPSA) is 63.8 Å². The molecule has 1 aromatic heterocycles. The first-order valence-corrected chi connectivity index (χ1v) is 4.26. The van der Waals surface area contributed by atoms with Crippen LogP contribution in [0.1, 0.15) is 11.4 Å². The third kappa shape index (κ3) is 1.62. The van der Waals surface area contributed by atoms with Gasteiger partial charge in [0.25, 0.3) is 0 Å². The number of aliphatic hydroxyl groups is 1. The summed E-state index contributed by atoms with van der Waals surface area (Å²) in [4.78, 5) is 1.39. The molecular weight excluding hydrogens is 180 g/mol. The Morgan fingerprint density at radius 3 is 2.57 bits per heavy atom. The van der Waals surface area contributed by atoms with E-state index in [1.54, 1.807) is 0 Å². The van der Waals surface area contributed by atoms with Crippen LogP contribution in [0.4, 0.5) is 0 Å². The number of aliphatic hydroxyl groups excluding tert-OH is 1. The van der Waals surface area contributed by atoms with Gasteiger partial charge in [0.05, 0.1) is 5.69 Å². The molecule has 5 nitrogen and oxygen atoms in total. The summed E-state index contributed by atoms with van der Waals surface area (Å²) in [5, 5.41) is 20.2. The molecule has 14 heavy (non-hydrogen) atoms. The minimum Gasteiger partial charge on any atom is -0.388 e. The van der Waals surface area contributed by atoms with Gasteiger partial charge in [0.2, 0.25) is 5.82 Å². The van der Waals surface area contributed by atoms with E-state index in [9.17, 15) is 0 Å². The minimum atomic E-state index is -0.189. The summed E-state index contributed by atoms with van der Waals surface area (Å²) >= 11 is 0. The Hall–Kier alpha value is -1.75. The average molecular weight is 190 g/mol. The highest BCUT2D eigenvalue weighted by Crippen LogP contribution is 2.05. The van der Waals surface area contributed by atoms with Crippen molar-refractivity contribution >= 4 is 0 Å². The molecule has 0 saturated carbocycles. The van der Waals surface area contributed by atoms with E-state index in [-0.39, 0.29) is 6.61 Å². The van der Waals surface area contributed by atoms with Crippen molar-refractivity contribution in [1.82, 2.24) is 20.2 Å².